The van der Waals surface area contributed by atoms with Crippen LogP contribution in [0.5, 0.6) is 17.2 Å². The molecule has 1 unspecified atom stereocenters. The number of hydrogen-bond acceptors (Lipinski definition) is 5. The fourth-order valence-corrected chi connectivity index (χ4v) is 4.42. The molecule has 5 rings (SSSR count). The molecule has 0 radical (unpaired) electrons. The van der Waals surface area contributed by atoms with Crippen molar-refractivity contribution in [3.05, 3.63) is 41.5 Å². The van der Waals surface area contributed by atoms with Gasteiger partial charge in [0.25, 0.3) is 0 Å². The lowest BCUT2D eigenvalue weighted by Gasteiger charge is -2.30. The molecule has 1 saturated heterocycles. The summed E-state index contributed by atoms with van der Waals surface area (Å²) in [5.74, 6) is 2.33. The number of fused-ring (bicyclic) bond motifs is 2. The Morgan fingerprint density at radius 2 is 1.86 bits per heavy atom. The highest BCUT2D eigenvalue weighted by Gasteiger charge is 2.30. The van der Waals surface area contributed by atoms with Crippen molar-refractivity contribution in [2.45, 2.75) is 25.2 Å². The predicted octanol–water partition coefficient (Wildman–Crippen LogP) is 3.54. The van der Waals surface area contributed by atoms with Gasteiger partial charge in [0, 0.05) is 37.2 Å². The molecule has 2 aromatic rings. The van der Waals surface area contributed by atoms with E-state index in [0.717, 1.165) is 52.8 Å². The number of amides is 1. The van der Waals surface area contributed by atoms with E-state index >= 15 is 0 Å². The minimum atomic E-state index is -0.0214. The molecule has 0 aliphatic carbocycles. The molecule has 3 aliphatic heterocycles. The van der Waals surface area contributed by atoms with Crippen LogP contribution in [-0.4, -0.2) is 39.3 Å². The van der Waals surface area contributed by atoms with Crippen LogP contribution in [0, 0.1) is 0 Å². The summed E-state index contributed by atoms with van der Waals surface area (Å²) >= 11 is 0. The minimum absolute atomic E-state index is 0.0170. The van der Waals surface area contributed by atoms with Crippen LogP contribution in [0.2, 0.25) is 0 Å². The SMILES string of the molecule is COc1cc2c(cc1N1CCCC1)C(c1ccc3c(c1)OCCO3)CC(=O)N2. The maximum absolute atomic E-state index is 12.4. The number of ether oxygens (including phenoxy) is 3. The van der Waals surface area contributed by atoms with Crippen LogP contribution in [0.1, 0.15) is 36.3 Å². The Kier molecular flexibility index (Phi) is 4.26. The molecule has 6 nitrogen and oxygen atoms in total. The Morgan fingerprint density at radius 3 is 2.64 bits per heavy atom. The highest BCUT2D eigenvalue weighted by molar-refractivity contribution is 5.96. The first-order valence-electron chi connectivity index (χ1n) is 9.89. The number of anilines is 2. The molecule has 0 saturated carbocycles. The maximum atomic E-state index is 12.4. The first kappa shape index (κ1) is 17.2. The summed E-state index contributed by atoms with van der Waals surface area (Å²) in [7, 11) is 1.68. The Hall–Kier alpha value is -2.89. The van der Waals surface area contributed by atoms with Crippen molar-refractivity contribution in [2.24, 2.45) is 0 Å². The van der Waals surface area contributed by atoms with Crippen LogP contribution in [0.4, 0.5) is 11.4 Å². The number of hydrogen-bond donors (Lipinski definition) is 1. The van der Waals surface area contributed by atoms with E-state index in [2.05, 4.69) is 16.3 Å². The fourth-order valence-electron chi connectivity index (χ4n) is 4.42. The van der Waals surface area contributed by atoms with Crippen molar-refractivity contribution in [1.82, 2.24) is 0 Å². The molecule has 146 valence electrons. The zero-order valence-corrected chi connectivity index (χ0v) is 16.0. The predicted molar refractivity (Wildman–Crippen MR) is 107 cm³/mol. The number of nitrogens with one attached hydrogen (secondary N) is 1. The van der Waals surface area contributed by atoms with E-state index in [-0.39, 0.29) is 11.8 Å². The van der Waals surface area contributed by atoms with Crippen molar-refractivity contribution >= 4 is 17.3 Å². The molecule has 1 N–H and O–H groups in total. The van der Waals surface area contributed by atoms with Crippen molar-refractivity contribution in [3.63, 3.8) is 0 Å². The van der Waals surface area contributed by atoms with Gasteiger partial charge in [-0.1, -0.05) is 6.07 Å². The molecule has 0 aromatic heterocycles. The van der Waals surface area contributed by atoms with Crippen LogP contribution in [0.3, 0.4) is 0 Å². The summed E-state index contributed by atoms with van der Waals surface area (Å²) in [6.45, 7) is 3.20. The lowest BCUT2D eigenvalue weighted by molar-refractivity contribution is -0.116. The zero-order chi connectivity index (χ0) is 19.1. The van der Waals surface area contributed by atoms with E-state index in [9.17, 15) is 4.79 Å². The van der Waals surface area contributed by atoms with E-state index in [1.807, 2.05) is 24.3 Å². The van der Waals surface area contributed by atoms with Crippen molar-refractivity contribution in [3.8, 4) is 17.2 Å². The van der Waals surface area contributed by atoms with E-state index in [1.165, 1.54) is 12.8 Å². The van der Waals surface area contributed by atoms with Gasteiger partial charge in [0.15, 0.2) is 11.5 Å². The van der Waals surface area contributed by atoms with E-state index in [1.54, 1.807) is 7.11 Å². The second kappa shape index (κ2) is 6.93. The Morgan fingerprint density at radius 1 is 1.07 bits per heavy atom. The molecule has 6 heteroatoms. The van der Waals surface area contributed by atoms with Crippen LogP contribution in [0.25, 0.3) is 0 Å². The third-order valence-corrected chi connectivity index (χ3v) is 5.81. The second-order valence-corrected chi connectivity index (χ2v) is 7.51. The summed E-state index contributed by atoms with van der Waals surface area (Å²) in [4.78, 5) is 14.8. The van der Waals surface area contributed by atoms with Gasteiger partial charge in [-0.25, -0.2) is 0 Å². The second-order valence-electron chi connectivity index (χ2n) is 7.51. The molecule has 2 aromatic carbocycles. The van der Waals surface area contributed by atoms with E-state index in [4.69, 9.17) is 14.2 Å². The molecular formula is C22H24N2O4. The maximum Gasteiger partial charge on any atom is 0.225 e. The standard InChI is InChI=1S/C22H24N2O4/c1-26-20-13-17-16(11-18(20)24-6-2-3-7-24)15(12-22(25)23-17)14-4-5-19-21(10-14)28-9-8-27-19/h4-5,10-11,13,15H,2-3,6-9,12H2,1H3,(H,23,25). The number of rotatable bonds is 3. The van der Waals surface area contributed by atoms with Gasteiger partial charge in [-0.3, -0.25) is 4.79 Å². The normalized spacial score (nSPS) is 20.5. The lowest BCUT2D eigenvalue weighted by atomic mass is 9.84. The van der Waals surface area contributed by atoms with E-state index in [0.29, 0.717) is 19.6 Å². The summed E-state index contributed by atoms with van der Waals surface area (Å²) in [6, 6.07) is 10.2. The molecular weight excluding hydrogens is 356 g/mol. The minimum Gasteiger partial charge on any atom is -0.495 e. The van der Waals surface area contributed by atoms with Gasteiger partial charge in [0.2, 0.25) is 5.91 Å². The van der Waals surface area contributed by atoms with Gasteiger partial charge in [-0.05, 0) is 42.2 Å². The van der Waals surface area contributed by atoms with Gasteiger partial charge in [-0.2, -0.15) is 0 Å². The van der Waals surface area contributed by atoms with Gasteiger partial charge < -0.3 is 24.4 Å². The average Bonchev–Trinajstić information content (AvgIpc) is 3.26. The molecule has 1 atom stereocenters. The highest BCUT2D eigenvalue weighted by atomic mass is 16.6. The number of nitrogens with zero attached hydrogens (tertiary/aromatic N) is 1. The fraction of sp³-hybridized carbons (Fsp3) is 0.409. The Labute approximate surface area is 164 Å². The molecule has 3 heterocycles. The Balaban J connectivity index is 1.59. The largest absolute Gasteiger partial charge is 0.495 e. The average molecular weight is 380 g/mol. The van der Waals surface area contributed by atoms with Gasteiger partial charge in [-0.15, -0.1) is 0 Å². The summed E-state index contributed by atoms with van der Waals surface area (Å²) in [5.41, 5.74) is 4.13. The number of carbonyl (C=O) groups is 1. The first-order chi connectivity index (χ1) is 13.7. The molecule has 3 aliphatic rings. The van der Waals surface area contributed by atoms with Gasteiger partial charge >= 0.3 is 0 Å². The van der Waals surface area contributed by atoms with E-state index < -0.39 is 0 Å². The third kappa shape index (κ3) is 2.93. The summed E-state index contributed by atoms with van der Waals surface area (Å²) in [5, 5.41) is 3.02. The monoisotopic (exact) mass is 380 g/mol. The summed E-state index contributed by atoms with van der Waals surface area (Å²) in [6.07, 6.45) is 2.81. The Bertz CT molecular complexity index is 921. The molecule has 1 fully saturated rings. The molecule has 1 amide bonds. The first-order valence-corrected chi connectivity index (χ1v) is 9.89. The lowest BCUT2D eigenvalue weighted by Crippen LogP contribution is -2.25. The molecule has 0 bridgehead atoms. The quantitative estimate of drug-likeness (QED) is 0.883. The van der Waals surface area contributed by atoms with Crippen LogP contribution in [0.15, 0.2) is 30.3 Å². The van der Waals surface area contributed by atoms with Gasteiger partial charge in [0.05, 0.1) is 12.8 Å². The summed E-state index contributed by atoms with van der Waals surface area (Å²) < 4.78 is 17.0. The highest BCUT2D eigenvalue weighted by Crippen LogP contribution is 2.45. The molecule has 0 spiro atoms. The van der Waals surface area contributed by atoms with Crippen molar-refractivity contribution < 1.29 is 19.0 Å². The number of methoxy groups -OCH3 is 1. The van der Waals surface area contributed by atoms with Gasteiger partial charge in [0.1, 0.15) is 19.0 Å². The smallest absolute Gasteiger partial charge is 0.225 e. The van der Waals surface area contributed by atoms with Crippen LogP contribution in [-0.2, 0) is 4.79 Å². The van der Waals surface area contributed by atoms with Crippen molar-refractivity contribution in [1.29, 1.82) is 0 Å². The van der Waals surface area contributed by atoms with Crippen LogP contribution < -0.4 is 24.4 Å². The molecule has 28 heavy (non-hydrogen) atoms. The number of carbonyl (C=O) groups excluding carboxylic acids is 1. The van der Waals surface area contributed by atoms with Crippen LogP contribution >= 0.6 is 0 Å². The van der Waals surface area contributed by atoms with Crippen molar-refractivity contribution in [2.75, 3.05) is 43.6 Å². The zero-order valence-electron chi connectivity index (χ0n) is 16.0. The topological polar surface area (TPSA) is 60.0 Å². The third-order valence-electron chi connectivity index (χ3n) is 5.81. The number of benzene rings is 2.